The Kier molecular flexibility index (Phi) is 4.80. The minimum atomic E-state index is -0.0622. The SMILES string of the molecule is Cc1c(OCc2cnc3ccccc3n2)ccc2c(=O)cc(N3CCOCC3)oc12. The predicted octanol–water partition coefficient (Wildman–Crippen LogP) is 3.46. The first-order chi connectivity index (χ1) is 14.7. The molecule has 0 atom stereocenters. The van der Waals surface area contributed by atoms with Gasteiger partial charge in [0.05, 0.1) is 41.5 Å². The maximum Gasteiger partial charge on any atom is 0.200 e. The third-order valence-electron chi connectivity index (χ3n) is 5.28. The van der Waals surface area contributed by atoms with Gasteiger partial charge in [-0.15, -0.1) is 0 Å². The summed E-state index contributed by atoms with van der Waals surface area (Å²) in [7, 11) is 0. The molecule has 0 radical (unpaired) electrons. The number of aryl methyl sites for hydroxylation is 1. The molecule has 152 valence electrons. The second-order valence-corrected chi connectivity index (χ2v) is 7.25. The van der Waals surface area contributed by atoms with E-state index in [1.807, 2.05) is 36.1 Å². The van der Waals surface area contributed by atoms with Gasteiger partial charge in [-0.3, -0.25) is 9.78 Å². The Hall–Kier alpha value is -3.45. The van der Waals surface area contributed by atoms with Gasteiger partial charge in [0, 0.05) is 24.7 Å². The number of ether oxygens (including phenoxy) is 2. The molecule has 0 amide bonds. The number of benzene rings is 2. The Morgan fingerprint density at radius 3 is 2.73 bits per heavy atom. The Bertz CT molecular complexity index is 1280. The van der Waals surface area contributed by atoms with E-state index in [-0.39, 0.29) is 12.0 Å². The summed E-state index contributed by atoms with van der Waals surface area (Å²) in [5.41, 5.74) is 3.68. The number of nitrogens with zero attached hydrogens (tertiary/aromatic N) is 3. The van der Waals surface area contributed by atoms with Crippen LogP contribution in [0, 0.1) is 6.92 Å². The molecule has 30 heavy (non-hydrogen) atoms. The Morgan fingerprint density at radius 2 is 1.90 bits per heavy atom. The average molecular weight is 403 g/mol. The zero-order valence-electron chi connectivity index (χ0n) is 16.6. The molecular weight excluding hydrogens is 382 g/mol. The highest BCUT2D eigenvalue weighted by atomic mass is 16.5. The summed E-state index contributed by atoms with van der Waals surface area (Å²) in [6.07, 6.45) is 1.72. The molecule has 0 aliphatic carbocycles. The first kappa shape index (κ1) is 18.6. The molecular formula is C23H21N3O4. The van der Waals surface area contributed by atoms with E-state index in [9.17, 15) is 4.79 Å². The lowest BCUT2D eigenvalue weighted by Crippen LogP contribution is -2.36. The topological polar surface area (TPSA) is 77.7 Å². The van der Waals surface area contributed by atoms with Crippen LogP contribution >= 0.6 is 0 Å². The molecule has 1 aliphatic heterocycles. The van der Waals surface area contributed by atoms with Crippen molar-refractivity contribution in [2.45, 2.75) is 13.5 Å². The molecule has 0 bridgehead atoms. The van der Waals surface area contributed by atoms with E-state index in [0.29, 0.717) is 48.9 Å². The first-order valence-corrected chi connectivity index (χ1v) is 9.93. The summed E-state index contributed by atoms with van der Waals surface area (Å²) < 4.78 is 17.5. The molecule has 1 aliphatic rings. The van der Waals surface area contributed by atoms with Crippen LogP contribution < -0.4 is 15.1 Å². The highest BCUT2D eigenvalue weighted by Crippen LogP contribution is 2.29. The summed E-state index contributed by atoms with van der Waals surface area (Å²) >= 11 is 0. The van der Waals surface area contributed by atoms with E-state index in [1.165, 1.54) is 0 Å². The van der Waals surface area contributed by atoms with Crippen molar-refractivity contribution < 1.29 is 13.9 Å². The monoisotopic (exact) mass is 403 g/mol. The summed E-state index contributed by atoms with van der Waals surface area (Å²) in [5, 5.41) is 0.544. The van der Waals surface area contributed by atoms with Gasteiger partial charge in [-0.2, -0.15) is 0 Å². The third kappa shape index (κ3) is 3.48. The molecule has 4 aromatic rings. The molecule has 1 saturated heterocycles. The van der Waals surface area contributed by atoms with Crippen LogP contribution in [0.2, 0.25) is 0 Å². The first-order valence-electron chi connectivity index (χ1n) is 9.93. The van der Waals surface area contributed by atoms with Crippen molar-refractivity contribution in [2.75, 3.05) is 31.2 Å². The Labute approximate surface area is 172 Å². The average Bonchev–Trinajstić information content (AvgIpc) is 2.79. The molecule has 5 rings (SSSR count). The number of rotatable bonds is 4. The van der Waals surface area contributed by atoms with Crippen LogP contribution in [-0.2, 0) is 11.3 Å². The van der Waals surface area contributed by atoms with E-state index in [2.05, 4.69) is 9.97 Å². The zero-order chi connectivity index (χ0) is 20.5. The number of fused-ring (bicyclic) bond motifs is 2. The van der Waals surface area contributed by atoms with Crippen molar-refractivity contribution in [1.82, 2.24) is 9.97 Å². The van der Waals surface area contributed by atoms with Crippen molar-refractivity contribution >= 4 is 27.9 Å². The largest absolute Gasteiger partial charge is 0.487 e. The molecule has 0 spiro atoms. The van der Waals surface area contributed by atoms with E-state index in [4.69, 9.17) is 13.9 Å². The minimum absolute atomic E-state index is 0.0622. The smallest absolute Gasteiger partial charge is 0.200 e. The highest BCUT2D eigenvalue weighted by Gasteiger charge is 2.17. The van der Waals surface area contributed by atoms with Gasteiger partial charge in [0.1, 0.15) is 17.9 Å². The molecule has 7 heteroatoms. The predicted molar refractivity (Wildman–Crippen MR) is 114 cm³/mol. The number of para-hydroxylation sites is 2. The third-order valence-corrected chi connectivity index (χ3v) is 5.28. The van der Waals surface area contributed by atoms with Gasteiger partial charge in [0.25, 0.3) is 0 Å². The van der Waals surface area contributed by atoms with Gasteiger partial charge < -0.3 is 18.8 Å². The van der Waals surface area contributed by atoms with Gasteiger partial charge in [-0.25, -0.2) is 4.98 Å². The van der Waals surface area contributed by atoms with Gasteiger partial charge in [0.2, 0.25) is 0 Å². The van der Waals surface area contributed by atoms with E-state index in [0.717, 1.165) is 22.3 Å². The van der Waals surface area contributed by atoms with Crippen molar-refractivity contribution in [1.29, 1.82) is 0 Å². The van der Waals surface area contributed by atoms with Gasteiger partial charge in [-0.1, -0.05) is 12.1 Å². The minimum Gasteiger partial charge on any atom is -0.487 e. The van der Waals surface area contributed by atoms with E-state index >= 15 is 0 Å². The van der Waals surface area contributed by atoms with Crippen molar-refractivity contribution in [3.63, 3.8) is 0 Å². The summed E-state index contributed by atoms with van der Waals surface area (Å²) in [6, 6.07) is 12.8. The molecule has 0 saturated carbocycles. The number of anilines is 1. The maximum atomic E-state index is 12.6. The lowest BCUT2D eigenvalue weighted by atomic mass is 10.1. The fourth-order valence-electron chi connectivity index (χ4n) is 3.64. The molecule has 2 aromatic heterocycles. The molecule has 0 N–H and O–H groups in total. The fraction of sp³-hybridized carbons (Fsp3) is 0.261. The Balaban J connectivity index is 1.45. The zero-order valence-corrected chi connectivity index (χ0v) is 16.6. The highest BCUT2D eigenvalue weighted by molar-refractivity contribution is 5.83. The van der Waals surface area contributed by atoms with Crippen LogP contribution in [0.3, 0.4) is 0 Å². The van der Waals surface area contributed by atoms with Gasteiger partial charge >= 0.3 is 0 Å². The Morgan fingerprint density at radius 1 is 1.10 bits per heavy atom. The van der Waals surface area contributed by atoms with E-state index < -0.39 is 0 Å². The molecule has 1 fully saturated rings. The van der Waals surface area contributed by atoms with Gasteiger partial charge in [0.15, 0.2) is 11.3 Å². The fourth-order valence-corrected chi connectivity index (χ4v) is 3.64. The van der Waals surface area contributed by atoms with Crippen LogP contribution in [0.25, 0.3) is 22.0 Å². The molecule has 3 heterocycles. The summed E-state index contributed by atoms with van der Waals surface area (Å²) in [6.45, 7) is 4.81. The lowest BCUT2D eigenvalue weighted by molar-refractivity contribution is 0.121. The molecule has 7 nitrogen and oxygen atoms in total. The van der Waals surface area contributed by atoms with E-state index in [1.54, 1.807) is 24.4 Å². The van der Waals surface area contributed by atoms with Crippen LogP contribution in [0.15, 0.2) is 57.9 Å². The van der Waals surface area contributed by atoms with Crippen LogP contribution in [0.4, 0.5) is 5.88 Å². The van der Waals surface area contributed by atoms with Crippen molar-refractivity contribution in [2.24, 2.45) is 0 Å². The lowest BCUT2D eigenvalue weighted by Gasteiger charge is -2.27. The van der Waals surface area contributed by atoms with Crippen LogP contribution in [0.5, 0.6) is 5.75 Å². The second kappa shape index (κ2) is 7.76. The molecule has 0 unspecified atom stereocenters. The quantitative estimate of drug-likeness (QED) is 0.516. The maximum absolute atomic E-state index is 12.6. The summed E-state index contributed by atoms with van der Waals surface area (Å²) in [4.78, 5) is 23.7. The normalized spacial score (nSPS) is 14.4. The van der Waals surface area contributed by atoms with Crippen molar-refractivity contribution in [3.05, 3.63) is 70.1 Å². The van der Waals surface area contributed by atoms with Gasteiger partial charge in [-0.05, 0) is 31.2 Å². The number of aromatic nitrogens is 2. The van der Waals surface area contributed by atoms with Crippen LogP contribution in [0.1, 0.15) is 11.3 Å². The van der Waals surface area contributed by atoms with Crippen molar-refractivity contribution in [3.8, 4) is 5.75 Å². The standard InChI is InChI=1S/C23H21N3O4/c1-15-21(29-14-16-13-24-18-4-2-3-5-19(18)25-16)7-6-17-20(27)12-22(30-23(15)17)26-8-10-28-11-9-26/h2-7,12-13H,8-11,14H2,1H3. The second-order valence-electron chi connectivity index (χ2n) is 7.25. The number of hydrogen-bond acceptors (Lipinski definition) is 7. The number of morpholine rings is 1. The number of hydrogen-bond donors (Lipinski definition) is 0. The summed E-state index contributed by atoms with van der Waals surface area (Å²) in [5.74, 6) is 1.22. The molecule has 2 aromatic carbocycles. The van der Waals surface area contributed by atoms with Crippen LogP contribution in [-0.4, -0.2) is 36.3 Å².